The zero-order valence-electron chi connectivity index (χ0n) is 17.1. The Kier molecular flexibility index (Phi) is 7.65. The molecule has 154 valence electrons. The van der Waals surface area contributed by atoms with Crippen molar-refractivity contribution in [3.8, 4) is 0 Å². The van der Waals surface area contributed by atoms with E-state index in [2.05, 4.69) is 24.9 Å². The molecule has 0 aliphatic carbocycles. The fourth-order valence-corrected chi connectivity index (χ4v) is 4.33. The SMILES string of the molecule is CCNC(=NCc1ccccc1S(=O)(=O)NC(C)(C)C)NCCn1cccc1. The Hall–Kier alpha value is -2.32. The van der Waals surface area contributed by atoms with E-state index in [1.807, 2.05) is 58.3 Å². The summed E-state index contributed by atoms with van der Waals surface area (Å²) in [6.07, 6.45) is 4.02. The van der Waals surface area contributed by atoms with Gasteiger partial charge in [-0.05, 0) is 51.5 Å². The first-order chi connectivity index (χ1) is 13.2. The topological polar surface area (TPSA) is 87.5 Å². The fraction of sp³-hybridized carbons (Fsp3) is 0.450. The van der Waals surface area contributed by atoms with Gasteiger partial charge >= 0.3 is 0 Å². The van der Waals surface area contributed by atoms with Crippen LogP contribution in [0, 0.1) is 0 Å². The number of nitrogens with zero attached hydrogens (tertiary/aromatic N) is 2. The fourth-order valence-electron chi connectivity index (χ4n) is 2.68. The molecule has 0 radical (unpaired) electrons. The molecule has 2 aromatic rings. The summed E-state index contributed by atoms with van der Waals surface area (Å²) in [6.45, 7) is 9.98. The summed E-state index contributed by atoms with van der Waals surface area (Å²) in [4.78, 5) is 4.83. The number of nitrogens with one attached hydrogen (secondary N) is 3. The molecule has 7 nitrogen and oxygen atoms in total. The number of sulfonamides is 1. The van der Waals surface area contributed by atoms with E-state index in [-0.39, 0.29) is 11.4 Å². The van der Waals surface area contributed by atoms with Gasteiger partial charge in [0.25, 0.3) is 0 Å². The van der Waals surface area contributed by atoms with E-state index in [0.29, 0.717) is 18.1 Å². The lowest BCUT2D eigenvalue weighted by molar-refractivity contribution is 0.491. The molecule has 0 amide bonds. The highest BCUT2D eigenvalue weighted by molar-refractivity contribution is 7.89. The lowest BCUT2D eigenvalue weighted by Crippen LogP contribution is -2.41. The van der Waals surface area contributed by atoms with Crippen molar-refractivity contribution in [1.82, 2.24) is 19.9 Å². The molecule has 0 saturated heterocycles. The maximum absolute atomic E-state index is 12.7. The highest BCUT2D eigenvalue weighted by atomic mass is 32.2. The number of rotatable bonds is 8. The molecular weight excluding hydrogens is 374 g/mol. The van der Waals surface area contributed by atoms with Crippen LogP contribution in [0.25, 0.3) is 0 Å². The number of benzene rings is 1. The van der Waals surface area contributed by atoms with Crippen LogP contribution in [-0.4, -0.2) is 37.6 Å². The summed E-state index contributed by atoms with van der Waals surface area (Å²) in [5, 5.41) is 6.47. The van der Waals surface area contributed by atoms with Gasteiger partial charge < -0.3 is 15.2 Å². The summed E-state index contributed by atoms with van der Waals surface area (Å²) in [5.41, 5.74) is 0.103. The van der Waals surface area contributed by atoms with E-state index < -0.39 is 15.6 Å². The average molecular weight is 406 g/mol. The first-order valence-corrected chi connectivity index (χ1v) is 10.9. The van der Waals surface area contributed by atoms with Gasteiger partial charge in [0.15, 0.2) is 5.96 Å². The summed E-state index contributed by atoms with van der Waals surface area (Å²) < 4.78 is 30.3. The molecule has 0 spiro atoms. The molecule has 1 aromatic carbocycles. The van der Waals surface area contributed by atoms with Gasteiger partial charge in [0.1, 0.15) is 0 Å². The zero-order chi connectivity index (χ0) is 20.6. The maximum atomic E-state index is 12.7. The van der Waals surface area contributed by atoms with Gasteiger partial charge in [-0.2, -0.15) is 0 Å². The first-order valence-electron chi connectivity index (χ1n) is 9.46. The maximum Gasteiger partial charge on any atom is 0.241 e. The molecule has 2 rings (SSSR count). The molecule has 3 N–H and O–H groups in total. The van der Waals surface area contributed by atoms with Crippen molar-refractivity contribution in [2.24, 2.45) is 4.99 Å². The van der Waals surface area contributed by atoms with Crippen molar-refractivity contribution in [3.63, 3.8) is 0 Å². The lowest BCUT2D eigenvalue weighted by Gasteiger charge is -2.21. The third kappa shape index (κ3) is 7.01. The molecule has 1 aromatic heterocycles. The molecule has 0 aliphatic heterocycles. The van der Waals surface area contributed by atoms with Gasteiger partial charge in [0.2, 0.25) is 10.0 Å². The van der Waals surface area contributed by atoms with E-state index in [4.69, 9.17) is 0 Å². The molecular formula is C20H31N5O2S. The van der Waals surface area contributed by atoms with Crippen molar-refractivity contribution in [1.29, 1.82) is 0 Å². The van der Waals surface area contributed by atoms with Crippen molar-refractivity contribution < 1.29 is 8.42 Å². The zero-order valence-corrected chi connectivity index (χ0v) is 17.9. The largest absolute Gasteiger partial charge is 0.357 e. The molecule has 1 heterocycles. The molecule has 0 aliphatic rings. The number of hydrogen-bond donors (Lipinski definition) is 3. The predicted octanol–water partition coefficient (Wildman–Crippen LogP) is 2.32. The van der Waals surface area contributed by atoms with Gasteiger partial charge in [-0.1, -0.05) is 18.2 Å². The first kappa shape index (κ1) is 22.0. The Morgan fingerprint density at radius 1 is 1.07 bits per heavy atom. The van der Waals surface area contributed by atoms with Crippen LogP contribution >= 0.6 is 0 Å². The number of aromatic nitrogens is 1. The average Bonchev–Trinajstić information content (AvgIpc) is 3.11. The minimum atomic E-state index is -3.62. The van der Waals surface area contributed by atoms with Gasteiger partial charge in [0.05, 0.1) is 11.4 Å². The Bertz CT molecular complexity index is 868. The number of guanidine groups is 1. The molecule has 0 bridgehead atoms. The molecule has 8 heteroatoms. The van der Waals surface area contributed by atoms with Gasteiger partial charge in [-0.3, -0.25) is 0 Å². The van der Waals surface area contributed by atoms with Crippen molar-refractivity contribution in [2.75, 3.05) is 13.1 Å². The van der Waals surface area contributed by atoms with Crippen LogP contribution in [0.5, 0.6) is 0 Å². The monoisotopic (exact) mass is 405 g/mol. The summed E-state index contributed by atoms with van der Waals surface area (Å²) in [6, 6.07) is 10.9. The third-order valence-corrected chi connectivity index (χ3v) is 5.64. The molecule has 0 atom stereocenters. The van der Waals surface area contributed by atoms with Crippen molar-refractivity contribution in [2.45, 2.75) is 51.2 Å². The Balaban J connectivity index is 2.11. The van der Waals surface area contributed by atoms with Crippen LogP contribution in [0.1, 0.15) is 33.3 Å². The van der Waals surface area contributed by atoms with Crippen LogP contribution in [0.4, 0.5) is 0 Å². The van der Waals surface area contributed by atoms with Gasteiger partial charge in [0, 0.05) is 37.6 Å². The molecule has 0 saturated carbocycles. The van der Waals surface area contributed by atoms with Crippen LogP contribution < -0.4 is 15.4 Å². The summed E-state index contributed by atoms with van der Waals surface area (Å²) in [7, 11) is -3.62. The number of aliphatic imine (C=N–C) groups is 1. The van der Waals surface area contributed by atoms with Crippen molar-refractivity contribution in [3.05, 3.63) is 54.4 Å². The Labute approximate surface area is 168 Å². The normalized spacial score (nSPS) is 12.8. The third-order valence-electron chi connectivity index (χ3n) is 3.78. The summed E-state index contributed by atoms with van der Waals surface area (Å²) >= 11 is 0. The predicted molar refractivity (Wildman–Crippen MR) is 114 cm³/mol. The molecule has 0 fully saturated rings. The highest BCUT2D eigenvalue weighted by Crippen LogP contribution is 2.18. The van der Waals surface area contributed by atoms with Gasteiger partial charge in [-0.15, -0.1) is 0 Å². The smallest absolute Gasteiger partial charge is 0.241 e. The van der Waals surface area contributed by atoms with E-state index >= 15 is 0 Å². The molecule has 0 unspecified atom stereocenters. The Morgan fingerprint density at radius 3 is 2.39 bits per heavy atom. The van der Waals surface area contributed by atoms with E-state index in [0.717, 1.165) is 13.1 Å². The standard InChI is InChI=1S/C20H31N5O2S/c1-5-21-19(22-12-15-25-13-8-9-14-25)23-16-17-10-6-7-11-18(17)28(26,27)24-20(2,3)4/h6-11,13-14,24H,5,12,15-16H2,1-4H3,(H2,21,22,23). The molecule has 28 heavy (non-hydrogen) atoms. The van der Waals surface area contributed by atoms with Crippen LogP contribution in [0.15, 0.2) is 58.7 Å². The second-order valence-corrected chi connectivity index (χ2v) is 9.16. The van der Waals surface area contributed by atoms with E-state index in [9.17, 15) is 8.42 Å². The van der Waals surface area contributed by atoms with Crippen LogP contribution in [0.3, 0.4) is 0 Å². The van der Waals surface area contributed by atoms with E-state index in [1.165, 1.54) is 0 Å². The number of hydrogen-bond acceptors (Lipinski definition) is 3. The van der Waals surface area contributed by atoms with E-state index in [1.54, 1.807) is 18.2 Å². The summed E-state index contributed by atoms with van der Waals surface area (Å²) in [5.74, 6) is 0.658. The second kappa shape index (κ2) is 9.75. The minimum absolute atomic E-state index is 0.261. The van der Waals surface area contributed by atoms with Crippen molar-refractivity contribution >= 4 is 16.0 Å². The van der Waals surface area contributed by atoms with Crippen LogP contribution in [-0.2, 0) is 23.1 Å². The highest BCUT2D eigenvalue weighted by Gasteiger charge is 2.24. The lowest BCUT2D eigenvalue weighted by atomic mass is 10.1. The quantitative estimate of drug-likeness (QED) is 0.465. The van der Waals surface area contributed by atoms with Crippen LogP contribution in [0.2, 0.25) is 0 Å². The Morgan fingerprint density at radius 2 is 1.75 bits per heavy atom. The second-order valence-electron chi connectivity index (χ2n) is 7.51. The minimum Gasteiger partial charge on any atom is -0.357 e. The van der Waals surface area contributed by atoms with Gasteiger partial charge in [-0.25, -0.2) is 18.1 Å².